The third-order valence-electron chi connectivity index (χ3n) is 4.98. The summed E-state index contributed by atoms with van der Waals surface area (Å²) in [5, 5.41) is 11.0. The molecule has 2 amide bonds. The number of aliphatic carboxylic acids is 1. The van der Waals surface area contributed by atoms with E-state index in [-0.39, 0.29) is 5.91 Å². The minimum Gasteiger partial charge on any atom is -0.481 e. The van der Waals surface area contributed by atoms with Crippen LogP contribution in [0, 0.1) is 5.92 Å². The molecule has 0 bridgehead atoms. The second-order valence-electron chi connectivity index (χ2n) is 7.06. The van der Waals surface area contributed by atoms with Crippen LogP contribution < -0.4 is 5.32 Å². The second kappa shape index (κ2) is 10.9. The Morgan fingerprint density at radius 1 is 1.19 bits per heavy atom. The van der Waals surface area contributed by atoms with Crippen molar-refractivity contribution in [1.82, 2.24) is 10.2 Å². The molecule has 1 aliphatic heterocycles. The summed E-state index contributed by atoms with van der Waals surface area (Å²) in [6.07, 6.45) is 3.71. The first kappa shape index (κ1) is 21.1. The Morgan fingerprint density at radius 2 is 1.85 bits per heavy atom. The molecular weight excluding hydrogens is 356 g/mol. The Kier molecular flexibility index (Phi) is 8.50. The molecule has 0 aromatic rings. The molecule has 1 aliphatic carbocycles. The van der Waals surface area contributed by atoms with Crippen LogP contribution in [0.5, 0.6) is 0 Å². The number of rotatable bonds is 8. The Bertz CT molecular complexity index is 528. The van der Waals surface area contributed by atoms with E-state index in [0.29, 0.717) is 44.9 Å². The lowest BCUT2D eigenvalue weighted by atomic mass is 9.85. The summed E-state index contributed by atoms with van der Waals surface area (Å²) in [6, 6.07) is -1.19. The van der Waals surface area contributed by atoms with E-state index in [1.54, 1.807) is 4.90 Å². The van der Waals surface area contributed by atoms with E-state index in [0.717, 1.165) is 25.7 Å². The van der Waals surface area contributed by atoms with Gasteiger partial charge in [-0.3, -0.25) is 9.59 Å². The highest BCUT2D eigenvalue weighted by molar-refractivity contribution is 5.84. The molecule has 2 fully saturated rings. The molecule has 9 heteroatoms. The number of hydrogen-bond acceptors (Lipinski definition) is 6. The Balaban J connectivity index is 1.98. The maximum absolute atomic E-state index is 12.8. The van der Waals surface area contributed by atoms with Gasteiger partial charge < -0.3 is 29.6 Å². The number of aldehydes is 1. The highest BCUT2D eigenvalue weighted by Crippen LogP contribution is 2.28. The number of carboxylic acid groups (broad SMARTS) is 1. The smallest absolute Gasteiger partial charge is 0.408 e. The van der Waals surface area contributed by atoms with E-state index in [4.69, 9.17) is 14.6 Å². The summed E-state index contributed by atoms with van der Waals surface area (Å²) < 4.78 is 10.6. The molecule has 0 aromatic carbocycles. The quantitative estimate of drug-likeness (QED) is 0.598. The van der Waals surface area contributed by atoms with Crippen molar-refractivity contribution < 1.29 is 33.8 Å². The van der Waals surface area contributed by atoms with Gasteiger partial charge in [0.25, 0.3) is 5.91 Å². The number of ether oxygens (including phenoxy) is 2. The zero-order valence-corrected chi connectivity index (χ0v) is 15.4. The molecule has 1 heterocycles. The van der Waals surface area contributed by atoms with Gasteiger partial charge >= 0.3 is 12.1 Å². The molecule has 2 rings (SSSR count). The van der Waals surface area contributed by atoms with Crippen LogP contribution in [0.1, 0.15) is 44.9 Å². The van der Waals surface area contributed by atoms with E-state index < -0.39 is 30.6 Å². The Hall–Kier alpha value is -2.16. The fourth-order valence-electron chi connectivity index (χ4n) is 3.55. The number of nitrogens with zero attached hydrogens (tertiary/aromatic N) is 1. The molecule has 1 saturated heterocycles. The van der Waals surface area contributed by atoms with Gasteiger partial charge in [0.15, 0.2) is 6.10 Å². The Labute approximate surface area is 158 Å². The molecule has 27 heavy (non-hydrogen) atoms. The largest absolute Gasteiger partial charge is 0.481 e. The predicted octanol–water partition coefficient (Wildman–Crippen LogP) is 0.953. The van der Waals surface area contributed by atoms with E-state index in [1.165, 1.54) is 6.42 Å². The van der Waals surface area contributed by atoms with Crippen molar-refractivity contribution in [3.05, 3.63) is 0 Å². The van der Waals surface area contributed by atoms with Crippen LogP contribution in [0.15, 0.2) is 0 Å². The van der Waals surface area contributed by atoms with Crippen LogP contribution in [-0.4, -0.2) is 72.7 Å². The first-order chi connectivity index (χ1) is 13.0. The fraction of sp³-hybridized carbons (Fsp3) is 0.778. The first-order valence-corrected chi connectivity index (χ1v) is 9.50. The molecule has 2 aliphatic rings. The highest BCUT2D eigenvalue weighted by atomic mass is 16.6. The van der Waals surface area contributed by atoms with Gasteiger partial charge in [0.1, 0.15) is 6.29 Å². The zero-order chi connectivity index (χ0) is 19.6. The van der Waals surface area contributed by atoms with Gasteiger partial charge in [-0.25, -0.2) is 4.79 Å². The molecule has 0 spiro atoms. The zero-order valence-electron chi connectivity index (χ0n) is 15.4. The molecule has 9 nitrogen and oxygen atoms in total. The average molecular weight is 384 g/mol. The number of hydrogen-bond donors (Lipinski definition) is 2. The van der Waals surface area contributed by atoms with Crippen molar-refractivity contribution in [1.29, 1.82) is 0 Å². The SMILES string of the molecule is O=C[C@H](CC(=O)O)NC(=O)O[C@@H](CC1CCCCC1)C(=O)N1CCOCC1. The molecule has 2 atom stereocenters. The second-order valence-corrected chi connectivity index (χ2v) is 7.06. The number of alkyl carbamates (subject to hydrolysis) is 1. The maximum Gasteiger partial charge on any atom is 0.408 e. The summed E-state index contributed by atoms with van der Waals surface area (Å²) in [5.74, 6) is -1.17. The highest BCUT2D eigenvalue weighted by Gasteiger charge is 2.32. The lowest BCUT2D eigenvalue weighted by Crippen LogP contribution is -2.49. The molecule has 0 unspecified atom stereocenters. The lowest BCUT2D eigenvalue weighted by molar-refractivity contribution is -0.145. The van der Waals surface area contributed by atoms with Gasteiger partial charge in [-0.1, -0.05) is 32.1 Å². The van der Waals surface area contributed by atoms with E-state index >= 15 is 0 Å². The molecular formula is C18H28N2O7. The van der Waals surface area contributed by atoms with Crippen molar-refractivity contribution in [3.8, 4) is 0 Å². The van der Waals surface area contributed by atoms with Crippen molar-refractivity contribution in [2.45, 2.75) is 57.1 Å². The number of carbonyl (C=O) groups excluding carboxylic acids is 3. The van der Waals surface area contributed by atoms with E-state index in [1.807, 2.05) is 0 Å². The summed E-state index contributed by atoms with van der Waals surface area (Å²) in [5.41, 5.74) is 0. The van der Waals surface area contributed by atoms with Gasteiger partial charge in [0, 0.05) is 13.1 Å². The van der Waals surface area contributed by atoms with Gasteiger partial charge in [0.05, 0.1) is 25.7 Å². The number of amides is 2. The van der Waals surface area contributed by atoms with Crippen LogP contribution in [-0.2, 0) is 23.9 Å². The van der Waals surface area contributed by atoms with Crippen LogP contribution in [0.3, 0.4) is 0 Å². The topological polar surface area (TPSA) is 122 Å². The van der Waals surface area contributed by atoms with Crippen molar-refractivity contribution in [2.75, 3.05) is 26.3 Å². The van der Waals surface area contributed by atoms with Crippen molar-refractivity contribution in [2.24, 2.45) is 5.92 Å². The summed E-state index contributed by atoms with van der Waals surface area (Å²) in [7, 11) is 0. The Morgan fingerprint density at radius 3 is 2.44 bits per heavy atom. The lowest BCUT2D eigenvalue weighted by Gasteiger charge is -2.32. The fourth-order valence-corrected chi connectivity index (χ4v) is 3.55. The third kappa shape index (κ3) is 7.16. The molecule has 2 N–H and O–H groups in total. The van der Waals surface area contributed by atoms with Gasteiger partial charge in [-0.2, -0.15) is 0 Å². The molecule has 152 valence electrons. The van der Waals surface area contributed by atoms with Gasteiger partial charge in [-0.05, 0) is 12.3 Å². The minimum atomic E-state index is -1.21. The van der Waals surface area contributed by atoms with Crippen LogP contribution >= 0.6 is 0 Å². The van der Waals surface area contributed by atoms with E-state index in [2.05, 4.69) is 5.32 Å². The first-order valence-electron chi connectivity index (χ1n) is 9.50. The van der Waals surface area contributed by atoms with Crippen LogP contribution in [0.2, 0.25) is 0 Å². The molecule has 0 aromatic heterocycles. The predicted molar refractivity (Wildman–Crippen MR) is 94.1 cm³/mol. The number of nitrogens with one attached hydrogen (secondary N) is 1. The standard InChI is InChI=1S/C18H28N2O7/c21-12-14(11-16(22)23)19-18(25)27-15(10-13-4-2-1-3-5-13)17(24)20-6-8-26-9-7-20/h12-15H,1-11H2,(H,19,25)(H,22,23)/t14-,15-/m0/s1. The molecule has 1 saturated carbocycles. The summed E-state index contributed by atoms with van der Waals surface area (Å²) >= 11 is 0. The number of morpholine rings is 1. The van der Waals surface area contributed by atoms with Crippen LogP contribution in [0.25, 0.3) is 0 Å². The average Bonchev–Trinajstić information content (AvgIpc) is 2.67. The van der Waals surface area contributed by atoms with Crippen molar-refractivity contribution in [3.63, 3.8) is 0 Å². The summed E-state index contributed by atoms with van der Waals surface area (Å²) in [6.45, 7) is 1.78. The van der Waals surface area contributed by atoms with E-state index in [9.17, 15) is 19.2 Å². The van der Waals surface area contributed by atoms with Gasteiger partial charge in [-0.15, -0.1) is 0 Å². The minimum absolute atomic E-state index is 0.264. The normalized spacial score (nSPS) is 20.4. The van der Waals surface area contributed by atoms with Gasteiger partial charge in [0.2, 0.25) is 0 Å². The number of carboxylic acids is 1. The molecule has 0 radical (unpaired) electrons. The maximum atomic E-state index is 12.8. The monoisotopic (exact) mass is 384 g/mol. The van der Waals surface area contributed by atoms with Crippen LogP contribution in [0.4, 0.5) is 4.79 Å². The number of carbonyl (C=O) groups is 4. The summed E-state index contributed by atoms with van der Waals surface area (Å²) in [4.78, 5) is 48.3. The third-order valence-corrected chi connectivity index (χ3v) is 4.98. The van der Waals surface area contributed by atoms with Crippen molar-refractivity contribution >= 4 is 24.3 Å².